The summed E-state index contributed by atoms with van der Waals surface area (Å²) < 4.78 is 43.5. The highest BCUT2D eigenvalue weighted by Gasteiger charge is 2.42. The molecule has 1 rings (SSSR count). The summed E-state index contributed by atoms with van der Waals surface area (Å²) >= 11 is 0. The van der Waals surface area contributed by atoms with E-state index in [9.17, 15) is 13.2 Å². The van der Waals surface area contributed by atoms with Gasteiger partial charge in [0.2, 0.25) is 0 Å². The number of benzene rings is 1. The molecule has 0 aromatic heterocycles. The van der Waals surface area contributed by atoms with Gasteiger partial charge in [0, 0.05) is 7.11 Å². The maximum Gasteiger partial charge on any atom is 0.392 e. The molecule has 0 radical (unpaired) electrons. The van der Waals surface area contributed by atoms with Crippen molar-refractivity contribution in [2.75, 3.05) is 7.11 Å². The van der Waals surface area contributed by atoms with Crippen LogP contribution in [0.2, 0.25) is 0 Å². The molecule has 0 aliphatic heterocycles. The molecule has 0 aliphatic carbocycles. The molecule has 1 aromatic rings. The molecule has 1 aromatic carbocycles. The first-order valence-corrected chi connectivity index (χ1v) is 6.21. The monoisotopic (exact) mass is 274 g/mol. The summed E-state index contributed by atoms with van der Waals surface area (Å²) in [5.74, 6) is 0. The fourth-order valence-electron chi connectivity index (χ4n) is 2.26. The smallest absolute Gasteiger partial charge is 0.373 e. The fraction of sp³-hybridized carbons (Fsp3) is 0.600. The summed E-state index contributed by atoms with van der Waals surface area (Å²) in [6.45, 7) is 7.44. The van der Waals surface area contributed by atoms with E-state index < -0.39 is 18.2 Å². The van der Waals surface area contributed by atoms with Gasteiger partial charge in [-0.2, -0.15) is 13.2 Å². The van der Waals surface area contributed by atoms with Crippen molar-refractivity contribution >= 4 is 0 Å². The zero-order chi connectivity index (χ0) is 14.9. The number of methoxy groups -OCH3 is 1. The van der Waals surface area contributed by atoms with Gasteiger partial charge in [-0.3, -0.25) is 0 Å². The van der Waals surface area contributed by atoms with Crippen LogP contribution in [0.4, 0.5) is 13.2 Å². The van der Waals surface area contributed by atoms with Crippen LogP contribution in [0, 0.1) is 0 Å². The molecule has 0 heterocycles. The average Bonchev–Trinajstić information content (AvgIpc) is 2.25. The van der Waals surface area contributed by atoms with Crippen molar-refractivity contribution in [3.05, 3.63) is 35.4 Å². The summed E-state index contributed by atoms with van der Waals surface area (Å²) in [4.78, 5) is 0. The lowest BCUT2D eigenvalue weighted by Crippen LogP contribution is -2.34. The molecule has 0 spiro atoms. The minimum Gasteiger partial charge on any atom is -0.373 e. The van der Waals surface area contributed by atoms with Crippen molar-refractivity contribution in [1.29, 1.82) is 0 Å². The Balaban J connectivity index is 3.34. The van der Waals surface area contributed by atoms with Crippen molar-refractivity contribution in [1.82, 2.24) is 0 Å². The second kappa shape index (κ2) is 5.16. The van der Waals surface area contributed by atoms with E-state index in [0.29, 0.717) is 5.56 Å². The van der Waals surface area contributed by atoms with E-state index >= 15 is 0 Å². The van der Waals surface area contributed by atoms with Gasteiger partial charge in [0.1, 0.15) is 0 Å². The molecular weight excluding hydrogens is 253 g/mol. The Hall–Kier alpha value is -1.03. The van der Waals surface area contributed by atoms with Crippen LogP contribution in [-0.4, -0.2) is 13.3 Å². The largest absolute Gasteiger partial charge is 0.392 e. The molecule has 1 nitrogen and oxygen atoms in total. The molecule has 4 heteroatoms. The van der Waals surface area contributed by atoms with Gasteiger partial charge in [-0.1, -0.05) is 45.0 Å². The fourth-order valence-corrected chi connectivity index (χ4v) is 2.26. The molecule has 0 amide bonds. The SMILES string of the molecule is COC(C)(CC(F)(F)F)c1ccccc1C(C)(C)C. The molecule has 0 fully saturated rings. The van der Waals surface area contributed by atoms with Gasteiger partial charge in [-0.05, 0) is 23.5 Å². The van der Waals surface area contributed by atoms with Crippen LogP contribution >= 0.6 is 0 Å². The third-order valence-corrected chi connectivity index (χ3v) is 3.29. The summed E-state index contributed by atoms with van der Waals surface area (Å²) in [7, 11) is 1.32. The van der Waals surface area contributed by atoms with Crippen LogP contribution < -0.4 is 0 Å². The quantitative estimate of drug-likeness (QED) is 0.769. The van der Waals surface area contributed by atoms with Crippen molar-refractivity contribution in [3.63, 3.8) is 0 Å². The Labute approximate surface area is 112 Å². The van der Waals surface area contributed by atoms with Crippen LogP contribution in [0.25, 0.3) is 0 Å². The van der Waals surface area contributed by atoms with Crippen LogP contribution in [0.5, 0.6) is 0 Å². The summed E-state index contributed by atoms with van der Waals surface area (Å²) in [5.41, 5.74) is -0.115. The molecule has 0 N–H and O–H groups in total. The molecule has 0 aliphatic rings. The Bertz CT molecular complexity index is 432. The van der Waals surface area contributed by atoms with E-state index in [1.807, 2.05) is 32.9 Å². The van der Waals surface area contributed by atoms with Gasteiger partial charge < -0.3 is 4.74 Å². The molecular formula is C15H21F3O. The van der Waals surface area contributed by atoms with E-state index in [1.54, 1.807) is 12.1 Å². The maximum absolute atomic E-state index is 12.8. The van der Waals surface area contributed by atoms with Gasteiger partial charge in [0.25, 0.3) is 0 Å². The van der Waals surface area contributed by atoms with Gasteiger partial charge >= 0.3 is 6.18 Å². The first-order valence-electron chi connectivity index (χ1n) is 6.21. The molecule has 1 unspecified atom stereocenters. The van der Waals surface area contributed by atoms with E-state index in [1.165, 1.54) is 14.0 Å². The minimum atomic E-state index is -4.27. The minimum absolute atomic E-state index is 0.234. The van der Waals surface area contributed by atoms with Crippen molar-refractivity contribution in [3.8, 4) is 0 Å². The van der Waals surface area contributed by atoms with E-state index in [0.717, 1.165) is 5.56 Å². The number of halogens is 3. The van der Waals surface area contributed by atoms with E-state index in [-0.39, 0.29) is 5.41 Å². The van der Waals surface area contributed by atoms with E-state index in [4.69, 9.17) is 4.74 Å². The highest BCUT2D eigenvalue weighted by molar-refractivity contribution is 5.37. The lowest BCUT2D eigenvalue weighted by atomic mass is 9.77. The molecule has 0 saturated heterocycles. The average molecular weight is 274 g/mol. The highest BCUT2D eigenvalue weighted by atomic mass is 19.4. The standard InChI is InChI=1S/C15H21F3O/c1-13(2,3)11-8-6-7-9-12(11)14(4,19-5)10-15(16,17)18/h6-9H,10H2,1-5H3. The van der Waals surface area contributed by atoms with Crippen molar-refractivity contribution < 1.29 is 17.9 Å². The molecule has 108 valence electrons. The van der Waals surface area contributed by atoms with Gasteiger partial charge in [0.15, 0.2) is 0 Å². The van der Waals surface area contributed by atoms with Gasteiger partial charge in [-0.15, -0.1) is 0 Å². The number of hydrogen-bond acceptors (Lipinski definition) is 1. The number of hydrogen-bond donors (Lipinski definition) is 0. The molecule has 0 bridgehead atoms. The normalized spacial score (nSPS) is 16.2. The Morgan fingerprint density at radius 3 is 1.79 bits per heavy atom. The predicted octanol–water partition coefficient (Wildman–Crippen LogP) is 4.80. The third kappa shape index (κ3) is 3.96. The number of ether oxygens (including phenoxy) is 1. The van der Waals surface area contributed by atoms with Gasteiger partial charge in [0.05, 0.1) is 12.0 Å². The predicted molar refractivity (Wildman–Crippen MR) is 70.2 cm³/mol. The maximum atomic E-state index is 12.8. The number of alkyl halides is 3. The first kappa shape index (κ1) is 16.0. The zero-order valence-electron chi connectivity index (χ0n) is 12.1. The second-order valence-electron chi connectivity index (χ2n) is 6.02. The Kier molecular flexibility index (Phi) is 4.35. The van der Waals surface area contributed by atoms with Crippen LogP contribution in [0.3, 0.4) is 0 Å². The lowest BCUT2D eigenvalue weighted by molar-refractivity contribution is -0.182. The summed E-state index contributed by atoms with van der Waals surface area (Å²) in [6.07, 6.45) is -5.26. The van der Waals surface area contributed by atoms with Crippen LogP contribution in [0.1, 0.15) is 45.2 Å². The Morgan fingerprint density at radius 2 is 1.42 bits per heavy atom. The summed E-state index contributed by atoms with van der Waals surface area (Å²) in [5, 5.41) is 0. The van der Waals surface area contributed by atoms with Crippen molar-refractivity contribution in [2.45, 2.75) is 51.3 Å². The molecule has 0 saturated carbocycles. The third-order valence-electron chi connectivity index (χ3n) is 3.29. The molecule has 1 atom stereocenters. The lowest BCUT2D eigenvalue weighted by Gasteiger charge is -2.35. The highest BCUT2D eigenvalue weighted by Crippen LogP contribution is 2.41. The van der Waals surface area contributed by atoms with Gasteiger partial charge in [-0.25, -0.2) is 0 Å². The van der Waals surface area contributed by atoms with E-state index in [2.05, 4.69) is 0 Å². The first-order chi connectivity index (χ1) is 8.49. The second-order valence-corrected chi connectivity index (χ2v) is 6.02. The van der Waals surface area contributed by atoms with Crippen LogP contribution in [-0.2, 0) is 15.8 Å². The summed E-state index contributed by atoms with van der Waals surface area (Å²) in [6, 6.07) is 7.17. The van der Waals surface area contributed by atoms with Crippen molar-refractivity contribution in [2.24, 2.45) is 0 Å². The number of rotatable bonds is 3. The Morgan fingerprint density at radius 1 is 0.947 bits per heavy atom. The van der Waals surface area contributed by atoms with Crippen LogP contribution in [0.15, 0.2) is 24.3 Å². The zero-order valence-corrected chi connectivity index (χ0v) is 12.1. The molecule has 19 heavy (non-hydrogen) atoms. The topological polar surface area (TPSA) is 9.23 Å².